The molecule has 0 fully saturated rings. The Morgan fingerprint density at radius 1 is 1.40 bits per heavy atom. The smallest absolute Gasteiger partial charge is 0.198 e. The molecule has 3 rings (SSSR count). The number of nitrogens with one attached hydrogen (secondary N) is 1. The van der Waals surface area contributed by atoms with Crippen LogP contribution in [0.15, 0.2) is 42.9 Å². The van der Waals surface area contributed by atoms with Gasteiger partial charge in [0.05, 0.1) is 0 Å². The minimum Gasteiger partial charge on any atom is -0.361 e. The first-order valence-corrected chi connectivity index (χ1v) is 6.73. The predicted molar refractivity (Wildman–Crippen MR) is 78.9 cm³/mol. The zero-order valence-corrected chi connectivity index (χ0v) is 11.6. The van der Waals surface area contributed by atoms with Gasteiger partial charge in [0.2, 0.25) is 0 Å². The Hall–Kier alpha value is -2.36. The summed E-state index contributed by atoms with van der Waals surface area (Å²) >= 11 is 0. The number of Topliss-reactive ketones (excluding diaryl/α,β-unsaturated/α-hetero) is 1. The lowest BCUT2D eigenvalue weighted by molar-refractivity contribution is 0.0963. The molecule has 0 saturated heterocycles. The number of H-pyrrole nitrogens is 1. The molecule has 0 unspecified atom stereocenters. The van der Waals surface area contributed by atoms with Gasteiger partial charge in [-0.3, -0.25) is 4.79 Å². The number of fused-ring (bicyclic) bond motifs is 1. The molecule has 2 heterocycles. The van der Waals surface area contributed by atoms with Crippen LogP contribution in [0.3, 0.4) is 0 Å². The zero-order chi connectivity index (χ0) is 14.1. The minimum absolute atomic E-state index is 0.0790. The van der Waals surface area contributed by atoms with Gasteiger partial charge >= 0.3 is 0 Å². The van der Waals surface area contributed by atoms with Gasteiger partial charge in [-0.15, -0.1) is 0 Å². The normalized spacial score (nSPS) is 12.7. The molecule has 4 nitrogen and oxygen atoms in total. The van der Waals surface area contributed by atoms with E-state index in [1.807, 2.05) is 31.4 Å². The van der Waals surface area contributed by atoms with Crippen molar-refractivity contribution in [2.45, 2.75) is 19.3 Å². The highest BCUT2D eigenvalue weighted by Gasteiger charge is 2.18. The highest BCUT2D eigenvalue weighted by molar-refractivity contribution is 5.94. The van der Waals surface area contributed by atoms with Gasteiger partial charge in [0.1, 0.15) is 0 Å². The first kappa shape index (κ1) is 12.7. The number of aryl methyl sites for hydroxylation is 1. The van der Waals surface area contributed by atoms with Gasteiger partial charge < -0.3 is 9.55 Å². The van der Waals surface area contributed by atoms with Crippen LogP contribution in [-0.4, -0.2) is 20.3 Å². The lowest BCUT2D eigenvalue weighted by Crippen LogP contribution is -2.10. The second-order valence-corrected chi connectivity index (χ2v) is 5.18. The Balaban J connectivity index is 1.85. The summed E-state index contributed by atoms with van der Waals surface area (Å²) < 4.78 is 1.77. The molecular weight excluding hydrogens is 250 g/mol. The quantitative estimate of drug-likeness (QED) is 0.737. The standard InChI is InChI=1S/C16H17N3O/c1-11(9-15(20)16-17-7-8-19(16)2)13-10-18-14-6-4-3-5-12(13)14/h3-8,10-11,18H,9H2,1-2H3/t11-/m0/s1. The van der Waals surface area contributed by atoms with Crippen LogP contribution in [0.2, 0.25) is 0 Å². The highest BCUT2D eigenvalue weighted by Crippen LogP contribution is 2.28. The summed E-state index contributed by atoms with van der Waals surface area (Å²) in [6.07, 6.45) is 5.92. The average Bonchev–Trinajstić information content (AvgIpc) is 3.04. The van der Waals surface area contributed by atoms with Crippen molar-refractivity contribution in [3.05, 3.63) is 54.2 Å². The Labute approximate surface area is 117 Å². The summed E-state index contributed by atoms with van der Waals surface area (Å²) in [5, 5.41) is 1.19. The van der Waals surface area contributed by atoms with E-state index < -0.39 is 0 Å². The number of aromatic nitrogens is 3. The molecule has 0 saturated carbocycles. The monoisotopic (exact) mass is 267 g/mol. The van der Waals surface area contributed by atoms with Crippen molar-refractivity contribution in [2.75, 3.05) is 0 Å². The van der Waals surface area contributed by atoms with E-state index in [9.17, 15) is 4.79 Å². The summed E-state index contributed by atoms with van der Waals surface area (Å²) in [7, 11) is 1.84. The van der Waals surface area contributed by atoms with E-state index in [1.165, 1.54) is 10.9 Å². The maximum Gasteiger partial charge on any atom is 0.198 e. The second-order valence-electron chi connectivity index (χ2n) is 5.18. The number of nitrogens with zero attached hydrogens (tertiary/aromatic N) is 2. The van der Waals surface area contributed by atoms with E-state index in [0.717, 1.165) is 5.52 Å². The molecule has 0 bridgehead atoms. The number of imidazole rings is 1. The number of benzene rings is 1. The van der Waals surface area contributed by atoms with Gasteiger partial charge in [-0.05, 0) is 17.5 Å². The summed E-state index contributed by atoms with van der Waals surface area (Å²) in [6.45, 7) is 2.08. The number of ketones is 1. The largest absolute Gasteiger partial charge is 0.361 e. The molecule has 1 N–H and O–H groups in total. The van der Waals surface area contributed by atoms with Crippen LogP contribution in [0.5, 0.6) is 0 Å². The van der Waals surface area contributed by atoms with Crippen molar-refractivity contribution in [1.29, 1.82) is 0 Å². The molecule has 0 aliphatic heterocycles. The van der Waals surface area contributed by atoms with Crippen LogP contribution >= 0.6 is 0 Å². The molecule has 0 aliphatic rings. The van der Waals surface area contributed by atoms with Crippen LogP contribution in [0.25, 0.3) is 10.9 Å². The number of hydrogen-bond acceptors (Lipinski definition) is 2. The summed E-state index contributed by atoms with van der Waals surface area (Å²) in [4.78, 5) is 19.6. The Morgan fingerprint density at radius 3 is 2.95 bits per heavy atom. The fourth-order valence-electron chi connectivity index (χ4n) is 2.62. The maximum atomic E-state index is 12.3. The van der Waals surface area contributed by atoms with Crippen molar-refractivity contribution >= 4 is 16.7 Å². The van der Waals surface area contributed by atoms with Crippen molar-refractivity contribution in [3.8, 4) is 0 Å². The van der Waals surface area contributed by atoms with Gasteiger partial charge in [-0.2, -0.15) is 0 Å². The molecule has 0 amide bonds. The zero-order valence-electron chi connectivity index (χ0n) is 11.6. The molecule has 3 aromatic rings. The SMILES string of the molecule is C[C@@H](CC(=O)c1nccn1C)c1c[nH]c2ccccc12. The van der Waals surface area contributed by atoms with Crippen LogP contribution in [0, 0.1) is 0 Å². The van der Waals surface area contributed by atoms with E-state index >= 15 is 0 Å². The van der Waals surface area contributed by atoms with E-state index in [4.69, 9.17) is 0 Å². The Morgan fingerprint density at radius 2 is 2.20 bits per heavy atom. The van der Waals surface area contributed by atoms with Gasteiger partial charge in [0, 0.05) is 43.0 Å². The molecule has 20 heavy (non-hydrogen) atoms. The molecule has 102 valence electrons. The average molecular weight is 267 g/mol. The third-order valence-corrected chi connectivity index (χ3v) is 3.71. The molecule has 0 spiro atoms. The summed E-state index contributed by atoms with van der Waals surface area (Å²) in [6, 6.07) is 8.16. The fourth-order valence-corrected chi connectivity index (χ4v) is 2.62. The minimum atomic E-state index is 0.0790. The van der Waals surface area contributed by atoms with Crippen molar-refractivity contribution < 1.29 is 4.79 Å². The fraction of sp³-hybridized carbons (Fsp3) is 0.250. The first-order valence-electron chi connectivity index (χ1n) is 6.73. The molecule has 0 radical (unpaired) electrons. The third-order valence-electron chi connectivity index (χ3n) is 3.71. The molecule has 1 atom stereocenters. The molecule has 2 aromatic heterocycles. The number of carbonyl (C=O) groups is 1. The topological polar surface area (TPSA) is 50.7 Å². The highest BCUT2D eigenvalue weighted by atomic mass is 16.1. The Bertz CT molecular complexity index is 754. The molecular formula is C16H17N3O. The van der Waals surface area contributed by atoms with Crippen LogP contribution in [0.1, 0.15) is 35.4 Å². The number of hydrogen-bond donors (Lipinski definition) is 1. The van der Waals surface area contributed by atoms with Gasteiger partial charge in [0.15, 0.2) is 11.6 Å². The molecule has 4 heteroatoms. The molecule has 1 aromatic carbocycles. The Kier molecular flexibility index (Phi) is 3.14. The van der Waals surface area contributed by atoms with Gasteiger partial charge in [-0.1, -0.05) is 25.1 Å². The van der Waals surface area contributed by atoms with Crippen LogP contribution in [-0.2, 0) is 7.05 Å². The van der Waals surface area contributed by atoms with Crippen molar-refractivity contribution in [3.63, 3.8) is 0 Å². The third kappa shape index (κ3) is 2.13. The number of rotatable bonds is 4. The van der Waals surface area contributed by atoms with Crippen LogP contribution < -0.4 is 0 Å². The maximum absolute atomic E-state index is 12.3. The molecule has 0 aliphatic carbocycles. The van der Waals surface area contributed by atoms with Crippen molar-refractivity contribution in [2.24, 2.45) is 7.05 Å². The van der Waals surface area contributed by atoms with Crippen LogP contribution in [0.4, 0.5) is 0 Å². The lowest BCUT2D eigenvalue weighted by atomic mass is 9.95. The van der Waals surface area contributed by atoms with E-state index in [0.29, 0.717) is 12.2 Å². The van der Waals surface area contributed by atoms with Gasteiger partial charge in [0.25, 0.3) is 0 Å². The van der Waals surface area contributed by atoms with Gasteiger partial charge in [-0.25, -0.2) is 4.98 Å². The number of carbonyl (C=O) groups excluding carboxylic acids is 1. The second kappa shape index (κ2) is 4.96. The number of para-hydroxylation sites is 1. The van der Waals surface area contributed by atoms with E-state index in [-0.39, 0.29) is 11.7 Å². The predicted octanol–water partition coefficient (Wildman–Crippen LogP) is 3.28. The van der Waals surface area contributed by atoms with E-state index in [2.05, 4.69) is 23.0 Å². The summed E-state index contributed by atoms with van der Waals surface area (Å²) in [5.74, 6) is 0.766. The van der Waals surface area contributed by atoms with E-state index in [1.54, 1.807) is 17.0 Å². The summed E-state index contributed by atoms with van der Waals surface area (Å²) in [5.41, 5.74) is 2.29. The lowest BCUT2D eigenvalue weighted by Gasteiger charge is -2.09. The van der Waals surface area contributed by atoms with Crippen molar-refractivity contribution in [1.82, 2.24) is 14.5 Å². The number of aromatic amines is 1. The first-order chi connectivity index (χ1) is 9.66.